The van der Waals surface area contributed by atoms with Crippen molar-refractivity contribution in [3.8, 4) is 0 Å². The number of thioether (sulfide) groups is 1. The number of carbonyl (C=O) groups excluding carboxylic acids is 1. The number of aliphatic carboxylic acids is 1. The van der Waals surface area contributed by atoms with Crippen LogP contribution in [0.1, 0.15) is 17.8 Å². The zero-order chi connectivity index (χ0) is 20.3. The first-order valence-electron chi connectivity index (χ1n) is 8.29. The van der Waals surface area contributed by atoms with Crippen LogP contribution in [-0.4, -0.2) is 28.2 Å². The van der Waals surface area contributed by atoms with Gasteiger partial charge >= 0.3 is 5.97 Å². The van der Waals surface area contributed by atoms with Crippen LogP contribution in [0, 0.1) is 11.6 Å². The molecule has 0 aliphatic rings. The Morgan fingerprint density at radius 3 is 2.64 bits per heavy atom. The number of hydrogen-bond acceptors (Lipinski definition) is 5. The summed E-state index contributed by atoms with van der Waals surface area (Å²) in [7, 11) is 0. The first-order valence-corrected chi connectivity index (χ1v) is 10.3. The van der Waals surface area contributed by atoms with Crippen LogP contribution in [0.5, 0.6) is 0 Å². The largest absolute Gasteiger partial charge is 0.481 e. The molecule has 1 N–H and O–H groups in total. The first-order chi connectivity index (χ1) is 13.4. The molecule has 2 aromatic carbocycles. The van der Waals surface area contributed by atoms with Gasteiger partial charge in [0.2, 0.25) is 5.91 Å². The molecule has 0 aliphatic heterocycles. The Morgan fingerprint density at radius 1 is 1.18 bits per heavy atom. The van der Waals surface area contributed by atoms with Gasteiger partial charge in [0, 0.05) is 11.3 Å². The van der Waals surface area contributed by atoms with E-state index in [0.717, 1.165) is 22.3 Å². The van der Waals surface area contributed by atoms with E-state index in [0.29, 0.717) is 16.2 Å². The molecule has 1 amide bonds. The number of hydrogen-bond donors (Lipinski definition) is 1. The van der Waals surface area contributed by atoms with Crippen molar-refractivity contribution in [1.29, 1.82) is 0 Å². The summed E-state index contributed by atoms with van der Waals surface area (Å²) < 4.78 is 27.6. The molecule has 146 valence electrons. The van der Waals surface area contributed by atoms with Gasteiger partial charge in [0.1, 0.15) is 5.01 Å². The molecule has 0 fully saturated rings. The van der Waals surface area contributed by atoms with Gasteiger partial charge in [0.05, 0.1) is 28.9 Å². The quantitative estimate of drug-likeness (QED) is 0.559. The average Bonchev–Trinajstić information content (AvgIpc) is 3.10. The molecule has 0 saturated carbocycles. The van der Waals surface area contributed by atoms with Gasteiger partial charge in [-0.2, -0.15) is 0 Å². The van der Waals surface area contributed by atoms with Gasteiger partial charge in [-0.25, -0.2) is 13.8 Å². The normalized spacial score (nSPS) is 11.0. The number of para-hydroxylation sites is 1. The van der Waals surface area contributed by atoms with Gasteiger partial charge < -0.3 is 10.0 Å². The van der Waals surface area contributed by atoms with E-state index in [-0.39, 0.29) is 30.0 Å². The minimum absolute atomic E-state index is 0.0381. The van der Waals surface area contributed by atoms with Gasteiger partial charge in [-0.05, 0) is 30.5 Å². The summed E-state index contributed by atoms with van der Waals surface area (Å²) in [6, 6.07) is 9.63. The minimum atomic E-state index is -1.07. The fourth-order valence-electron chi connectivity index (χ4n) is 2.69. The van der Waals surface area contributed by atoms with Crippen molar-refractivity contribution >= 4 is 50.9 Å². The molecule has 0 unspecified atom stereocenters. The molecule has 3 aromatic rings. The SMILES string of the molecule is CSc1ccccc1N(Cc1nc2ccc(F)c(F)c2s1)C(=O)CCC(=O)O. The van der Waals surface area contributed by atoms with Crippen LogP contribution in [0.25, 0.3) is 10.2 Å². The van der Waals surface area contributed by atoms with Gasteiger partial charge in [-0.15, -0.1) is 23.1 Å². The summed E-state index contributed by atoms with van der Waals surface area (Å²) in [4.78, 5) is 30.2. The monoisotopic (exact) mass is 422 g/mol. The molecule has 1 heterocycles. The number of benzene rings is 2. The molecule has 9 heteroatoms. The zero-order valence-electron chi connectivity index (χ0n) is 14.8. The summed E-state index contributed by atoms with van der Waals surface area (Å²) in [6.07, 6.45) is 1.40. The average molecular weight is 422 g/mol. The van der Waals surface area contributed by atoms with Crippen molar-refractivity contribution < 1.29 is 23.5 Å². The third-order valence-electron chi connectivity index (χ3n) is 4.02. The number of fused-ring (bicyclic) bond motifs is 1. The molecule has 0 radical (unpaired) electrons. The minimum Gasteiger partial charge on any atom is -0.481 e. The molecule has 0 spiro atoms. The lowest BCUT2D eigenvalue weighted by atomic mass is 10.2. The Kier molecular flexibility index (Phi) is 6.25. The van der Waals surface area contributed by atoms with E-state index in [9.17, 15) is 18.4 Å². The van der Waals surface area contributed by atoms with E-state index in [1.807, 2.05) is 18.4 Å². The smallest absolute Gasteiger partial charge is 0.303 e. The summed E-state index contributed by atoms with van der Waals surface area (Å²) in [6.45, 7) is 0.0381. The molecular weight excluding hydrogens is 406 g/mol. The Bertz CT molecular complexity index is 1040. The highest BCUT2D eigenvalue weighted by Gasteiger charge is 2.22. The first kappa shape index (κ1) is 20.2. The highest BCUT2D eigenvalue weighted by atomic mass is 32.2. The topological polar surface area (TPSA) is 70.5 Å². The van der Waals surface area contributed by atoms with Crippen LogP contribution >= 0.6 is 23.1 Å². The molecule has 3 rings (SSSR count). The van der Waals surface area contributed by atoms with Crippen molar-refractivity contribution in [1.82, 2.24) is 4.98 Å². The lowest BCUT2D eigenvalue weighted by Gasteiger charge is -2.23. The lowest BCUT2D eigenvalue weighted by molar-refractivity contribution is -0.138. The molecule has 0 aliphatic carbocycles. The number of amides is 1. The molecular formula is C19H16F2N2O3S2. The van der Waals surface area contributed by atoms with Crippen LogP contribution < -0.4 is 4.90 Å². The maximum atomic E-state index is 14.0. The molecule has 0 bridgehead atoms. The number of thiazole rings is 1. The maximum Gasteiger partial charge on any atom is 0.303 e. The summed E-state index contributed by atoms with van der Waals surface area (Å²) >= 11 is 2.42. The van der Waals surface area contributed by atoms with Gasteiger partial charge in [0.25, 0.3) is 0 Å². The molecule has 1 aromatic heterocycles. The predicted molar refractivity (Wildman–Crippen MR) is 106 cm³/mol. The summed E-state index contributed by atoms with van der Waals surface area (Å²) in [5.74, 6) is -3.36. The Labute approximate surface area is 168 Å². The van der Waals surface area contributed by atoms with Crippen molar-refractivity contribution in [2.75, 3.05) is 11.2 Å². The standard InChI is InChI=1S/C19H16F2N2O3S2/c1-27-14-5-3-2-4-13(14)23(16(24)8-9-17(25)26)10-15-22-12-7-6-11(20)18(21)19(12)28-15/h2-7H,8-10H2,1H3,(H,25,26). The number of carbonyl (C=O) groups is 2. The fraction of sp³-hybridized carbons (Fsp3) is 0.211. The third kappa shape index (κ3) is 4.31. The van der Waals surface area contributed by atoms with Crippen molar-refractivity contribution in [2.45, 2.75) is 24.3 Å². The van der Waals surface area contributed by atoms with Crippen molar-refractivity contribution in [2.24, 2.45) is 0 Å². The van der Waals surface area contributed by atoms with E-state index in [2.05, 4.69) is 4.98 Å². The number of anilines is 1. The number of carboxylic acids is 1. The second kappa shape index (κ2) is 8.66. The summed E-state index contributed by atoms with van der Waals surface area (Å²) in [5, 5.41) is 9.32. The predicted octanol–water partition coefficient (Wildman–Crippen LogP) is 4.69. The van der Waals surface area contributed by atoms with E-state index in [1.165, 1.54) is 22.7 Å². The van der Waals surface area contributed by atoms with Gasteiger partial charge in [-0.3, -0.25) is 9.59 Å². The number of nitrogens with zero attached hydrogens (tertiary/aromatic N) is 2. The van der Waals surface area contributed by atoms with E-state index < -0.39 is 17.6 Å². The lowest BCUT2D eigenvalue weighted by Crippen LogP contribution is -2.31. The molecule has 0 saturated heterocycles. The third-order valence-corrected chi connectivity index (χ3v) is 5.85. The maximum absolute atomic E-state index is 14.0. The van der Waals surface area contributed by atoms with Crippen LogP contribution in [0.15, 0.2) is 41.3 Å². The summed E-state index contributed by atoms with van der Waals surface area (Å²) in [5.41, 5.74) is 0.936. The fourth-order valence-corrected chi connectivity index (χ4v) is 4.27. The molecule has 28 heavy (non-hydrogen) atoms. The highest BCUT2D eigenvalue weighted by molar-refractivity contribution is 7.98. The van der Waals surface area contributed by atoms with Crippen LogP contribution in [0.2, 0.25) is 0 Å². The van der Waals surface area contributed by atoms with E-state index in [4.69, 9.17) is 5.11 Å². The van der Waals surface area contributed by atoms with Crippen LogP contribution in [-0.2, 0) is 16.1 Å². The van der Waals surface area contributed by atoms with Crippen LogP contribution in [0.3, 0.4) is 0 Å². The number of rotatable bonds is 7. The van der Waals surface area contributed by atoms with Gasteiger partial charge in [0.15, 0.2) is 11.6 Å². The number of aromatic nitrogens is 1. The second-order valence-corrected chi connectivity index (χ2v) is 7.79. The van der Waals surface area contributed by atoms with E-state index >= 15 is 0 Å². The van der Waals surface area contributed by atoms with Crippen LogP contribution in [0.4, 0.5) is 14.5 Å². The zero-order valence-corrected chi connectivity index (χ0v) is 16.4. The Balaban J connectivity index is 1.98. The van der Waals surface area contributed by atoms with Crippen molar-refractivity contribution in [3.05, 3.63) is 53.0 Å². The van der Waals surface area contributed by atoms with E-state index in [1.54, 1.807) is 12.1 Å². The molecule has 5 nitrogen and oxygen atoms in total. The number of halogens is 2. The Morgan fingerprint density at radius 2 is 1.93 bits per heavy atom. The highest BCUT2D eigenvalue weighted by Crippen LogP contribution is 2.32. The Hall–Kier alpha value is -2.52. The van der Waals surface area contributed by atoms with Gasteiger partial charge in [-0.1, -0.05) is 12.1 Å². The van der Waals surface area contributed by atoms with Crippen molar-refractivity contribution in [3.63, 3.8) is 0 Å². The molecule has 0 atom stereocenters. The second-order valence-electron chi connectivity index (χ2n) is 5.86. The number of carboxylic acid groups (broad SMARTS) is 1.